The first-order valence-corrected chi connectivity index (χ1v) is 6.97. The molecule has 0 aromatic heterocycles. The van der Waals surface area contributed by atoms with Crippen LogP contribution in [0.4, 0.5) is 0 Å². The van der Waals surface area contributed by atoms with Crippen LogP contribution in [0.15, 0.2) is 46.9 Å². The van der Waals surface area contributed by atoms with Gasteiger partial charge in [-0.15, -0.1) is 0 Å². The third-order valence-corrected chi connectivity index (χ3v) is 4.13. The van der Waals surface area contributed by atoms with Gasteiger partial charge in [0.25, 0.3) is 0 Å². The summed E-state index contributed by atoms with van der Waals surface area (Å²) >= 11 is 3.49. The van der Waals surface area contributed by atoms with E-state index in [9.17, 15) is 5.11 Å². The van der Waals surface area contributed by atoms with Gasteiger partial charge in [0.2, 0.25) is 0 Å². The molecule has 0 amide bonds. The Morgan fingerprint density at radius 1 is 1.16 bits per heavy atom. The predicted molar refractivity (Wildman–Crippen MR) is 80.5 cm³/mol. The molecule has 0 bridgehead atoms. The second-order valence-electron chi connectivity index (χ2n) is 4.49. The summed E-state index contributed by atoms with van der Waals surface area (Å²) in [5.41, 5.74) is 3.03. The number of aliphatic hydroxyl groups is 1. The Morgan fingerprint density at radius 2 is 1.89 bits per heavy atom. The molecule has 100 valence electrons. The smallest absolute Gasteiger partial charge is 0.122 e. The molecule has 0 spiro atoms. The summed E-state index contributed by atoms with van der Waals surface area (Å²) in [6.07, 6.45) is 0.00944. The SMILES string of the molecule is COc1ccccc1CC(O)c1cccc(Br)c1C. The number of halogens is 1. The van der Waals surface area contributed by atoms with Crippen LogP contribution >= 0.6 is 15.9 Å². The Hall–Kier alpha value is -1.32. The van der Waals surface area contributed by atoms with E-state index in [0.29, 0.717) is 6.42 Å². The number of hydrogen-bond acceptors (Lipinski definition) is 2. The number of methoxy groups -OCH3 is 1. The second kappa shape index (κ2) is 6.22. The molecule has 2 nitrogen and oxygen atoms in total. The number of rotatable bonds is 4. The minimum Gasteiger partial charge on any atom is -0.496 e. The summed E-state index contributed by atoms with van der Waals surface area (Å²) in [6.45, 7) is 2.00. The van der Waals surface area contributed by atoms with Crippen molar-refractivity contribution < 1.29 is 9.84 Å². The van der Waals surface area contributed by atoms with Crippen molar-refractivity contribution >= 4 is 15.9 Å². The standard InChI is InChI=1S/C16H17BrO2/c1-11-13(7-5-8-14(11)17)15(18)10-12-6-3-4-9-16(12)19-2/h3-9,15,18H,10H2,1-2H3. The zero-order valence-corrected chi connectivity index (χ0v) is 12.6. The number of ether oxygens (including phenoxy) is 1. The molecule has 0 saturated heterocycles. The van der Waals surface area contributed by atoms with Crippen LogP contribution in [0.2, 0.25) is 0 Å². The van der Waals surface area contributed by atoms with Crippen molar-refractivity contribution in [2.75, 3.05) is 7.11 Å². The Kier molecular flexibility index (Phi) is 4.61. The van der Waals surface area contributed by atoms with E-state index in [0.717, 1.165) is 26.9 Å². The quantitative estimate of drug-likeness (QED) is 0.921. The fraction of sp³-hybridized carbons (Fsp3) is 0.250. The van der Waals surface area contributed by atoms with Crippen LogP contribution in [0.5, 0.6) is 5.75 Å². The molecule has 0 aliphatic rings. The highest BCUT2D eigenvalue weighted by molar-refractivity contribution is 9.10. The summed E-state index contributed by atoms with van der Waals surface area (Å²) in [7, 11) is 1.65. The lowest BCUT2D eigenvalue weighted by molar-refractivity contribution is 0.176. The van der Waals surface area contributed by atoms with Gasteiger partial charge in [0.1, 0.15) is 5.75 Å². The Labute approximate surface area is 122 Å². The average molecular weight is 321 g/mol. The monoisotopic (exact) mass is 320 g/mol. The lowest BCUT2D eigenvalue weighted by Gasteiger charge is -2.16. The molecular weight excluding hydrogens is 304 g/mol. The zero-order valence-electron chi connectivity index (χ0n) is 11.1. The van der Waals surface area contributed by atoms with Crippen molar-refractivity contribution in [1.82, 2.24) is 0 Å². The van der Waals surface area contributed by atoms with Gasteiger partial charge < -0.3 is 9.84 Å². The maximum atomic E-state index is 10.4. The summed E-state index contributed by atoms with van der Waals surface area (Å²) in [6, 6.07) is 13.7. The van der Waals surface area contributed by atoms with Gasteiger partial charge in [-0.3, -0.25) is 0 Å². The largest absolute Gasteiger partial charge is 0.496 e. The van der Waals surface area contributed by atoms with Gasteiger partial charge >= 0.3 is 0 Å². The first kappa shape index (κ1) is 14.1. The normalized spacial score (nSPS) is 12.2. The van der Waals surface area contributed by atoms with Gasteiger partial charge in [-0.05, 0) is 35.7 Å². The molecule has 1 atom stereocenters. The minimum atomic E-state index is -0.534. The Bertz CT molecular complexity index is 566. The van der Waals surface area contributed by atoms with Crippen molar-refractivity contribution in [3.8, 4) is 5.75 Å². The highest BCUT2D eigenvalue weighted by atomic mass is 79.9. The van der Waals surface area contributed by atoms with Crippen LogP contribution < -0.4 is 4.74 Å². The number of para-hydroxylation sites is 1. The number of aliphatic hydroxyl groups excluding tert-OH is 1. The molecule has 3 heteroatoms. The van der Waals surface area contributed by atoms with Gasteiger partial charge in [0.15, 0.2) is 0 Å². The molecule has 2 aromatic rings. The van der Waals surface area contributed by atoms with E-state index in [-0.39, 0.29) is 0 Å². The van der Waals surface area contributed by atoms with E-state index < -0.39 is 6.10 Å². The van der Waals surface area contributed by atoms with Crippen molar-refractivity contribution in [3.63, 3.8) is 0 Å². The minimum absolute atomic E-state index is 0.534. The fourth-order valence-electron chi connectivity index (χ4n) is 2.18. The fourth-order valence-corrected chi connectivity index (χ4v) is 2.56. The van der Waals surface area contributed by atoms with Crippen LogP contribution in [0.25, 0.3) is 0 Å². The van der Waals surface area contributed by atoms with E-state index in [2.05, 4.69) is 15.9 Å². The van der Waals surface area contributed by atoms with E-state index in [1.807, 2.05) is 49.4 Å². The highest BCUT2D eigenvalue weighted by Gasteiger charge is 2.14. The summed E-state index contributed by atoms with van der Waals surface area (Å²) < 4.78 is 6.33. The molecular formula is C16H17BrO2. The predicted octanol–water partition coefficient (Wildman–Crippen LogP) is 4.04. The van der Waals surface area contributed by atoms with Crippen LogP contribution in [-0.4, -0.2) is 12.2 Å². The van der Waals surface area contributed by atoms with Crippen molar-refractivity contribution in [1.29, 1.82) is 0 Å². The van der Waals surface area contributed by atoms with E-state index >= 15 is 0 Å². The van der Waals surface area contributed by atoms with E-state index in [4.69, 9.17) is 4.74 Å². The summed E-state index contributed by atoms with van der Waals surface area (Å²) in [5.74, 6) is 0.814. The molecule has 0 saturated carbocycles. The first-order chi connectivity index (χ1) is 9.13. The third kappa shape index (κ3) is 3.17. The summed E-state index contributed by atoms with van der Waals surface area (Å²) in [4.78, 5) is 0. The molecule has 0 fully saturated rings. The molecule has 1 unspecified atom stereocenters. The van der Waals surface area contributed by atoms with Crippen LogP contribution in [0, 0.1) is 6.92 Å². The number of benzene rings is 2. The topological polar surface area (TPSA) is 29.5 Å². The maximum absolute atomic E-state index is 10.4. The van der Waals surface area contributed by atoms with Crippen molar-refractivity contribution in [2.45, 2.75) is 19.4 Å². The lowest BCUT2D eigenvalue weighted by Crippen LogP contribution is -2.05. The second-order valence-corrected chi connectivity index (χ2v) is 5.34. The maximum Gasteiger partial charge on any atom is 0.122 e. The highest BCUT2D eigenvalue weighted by Crippen LogP contribution is 2.29. The first-order valence-electron chi connectivity index (χ1n) is 6.18. The molecule has 2 aromatic carbocycles. The van der Waals surface area contributed by atoms with Gasteiger partial charge in [-0.25, -0.2) is 0 Å². The lowest BCUT2D eigenvalue weighted by atomic mass is 9.97. The molecule has 0 heterocycles. The van der Waals surface area contributed by atoms with Gasteiger partial charge in [-0.1, -0.05) is 46.3 Å². The zero-order chi connectivity index (χ0) is 13.8. The van der Waals surface area contributed by atoms with Crippen molar-refractivity contribution in [3.05, 3.63) is 63.6 Å². The molecule has 0 radical (unpaired) electrons. The average Bonchev–Trinajstić information content (AvgIpc) is 2.42. The van der Waals surface area contributed by atoms with Crippen LogP contribution in [0.1, 0.15) is 22.8 Å². The Morgan fingerprint density at radius 3 is 2.63 bits per heavy atom. The molecule has 2 rings (SSSR count). The third-order valence-electron chi connectivity index (χ3n) is 3.27. The Balaban J connectivity index is 2.26. The van der Waals surface area contributed by atoms with Gasteiger partial charge in [0, 0.05) is 10.9 Å². The number of hydrogen-bond donors (Lipinski definition) is 1. The van der Waals surface area contributed by atoms with E-state index in [1.54, 1.807) is 7.11 Å². The van der Waals surface area contributed by atoms with Crippen molar-refractivity contribution in [2.24, 2.45) is 0 Å². The molecule has 19 heavy (non-hydrogen) atoms. The van der Waals surface area contributed by atoms with E-state index in [1.165, 1.54) is 0 Å². The van der Waals surface area contributed by atoms with Gasteiger partial charge in [0.05, 0.1) is 13.2 Å². The van der Waals surface area contributed by atoms with Gasteiger partial charge in [-0.2, -0.15) is 0 Å². The molecule has 0 aliphatic heterocycles. The molecule has 1 N–H and O–H groups in total. The summed E-state index contributed by atoms with van der Waals surface area (Å²) in [5, 5.41) is 10.4. The van der Waals surface area contributed by atoms with Crippen LogP contribution in [-0.2, 0) is 6.42 Å². The van der Waals surface area contributed by atoms with Crippen LogP contribution in [0.3, 0.4) is 0 Å². The molecule has 0 aliphatic carbocycles.